The molecule has 4 heteroatoms. The van der Waals surface area contributed by atoms with E-state index in [2.05, 4.69) is 28.9 Å². The third-order valence-corrected chi connectivity index (χ3v) is 4.23. The summed E-state index contributed by atoms with van der Waals surface area (Å²) in [5, 5.41) is 9.27. The van der Waals surface area contributed by atoms with Gasteiger partial charge in [-0.1, -0.05) is 6.07 Å². The van der Waals surface area contributed by atoms with Crippen molar-refractivity contribution in [2.45, 2.75) is 26.7 Å². The number of nitrogens with one attached hydrogen (secondary N) is 1. The van der Waals surface area contributed by atoms with Gasteiger partial charge in [0.05, 0.1) is 0 Å². The van der Waals surface area contributed by atoms with Gasteiger partial charge in [0.2, 0.25) is 0 Å². The monoisotopic (exact) mass is 293 g/mol. The number of anilines is 1. The summed E-state index contributed by atoms with van der Waals surface area (Å²) in [5.74, 6) is 0. The van der Waals surface area contributed by atoms with Crippen LogP contribution in [0.15, 0.2) is 29.1 Å². The summed E-state index contributed by atoms with van der Waals surface area (Å²) in [6, 6.07) is 10.1. The van der Waals surface area contributed by atoms with Crippen LogP contribution in [0.4, 0.5) is 5.69 Å². The number of hydrogen-bond donors (Lipinski definition) is 1. The highest BCUT2D eigenvalue weighted by atomic mass is 16.1. The van der Waals surface area contributed by atoms with Crippen molar-refractivity contribution in [2.24, 2.45) is 0 Å². The Balaban J connectivity index is 2.09. The van der Waals surface area contributed by atoms with Crippen molar-refractivity contribution < 1.29 is 0 Å². The molecule has 0 amide bonds. The molecule has 22 heavy (non-hydrogen) atoms. The van der Waals surface area contributed by atoms with Crippen LogP contribution in [0.25, 0.3) is 11.1 Å². The van der Waals surface area contributed by atoms with E-state index in [1.165, 1.54) is 24.1 Å². The minimum Gasteiger partial charge on any atom is -0.371 e. The van der Waals surface area contributed by atoms with Gasteiger partial charge in [-0.05, 0) is 56.0 Å². The van der Waals surface area contributed by atoms with E-state index in [0.29, 0.717) is 5.56 Å². The van der Waals surface area contributed by atoms with Gasteiger partial charge in [0, 0.05) is 30.0 Å². The van der Waals surface area contributed by atoms with E-state index in [4.69, 9.17) is 0 Å². The van der Waals surface area contributed by atoms with Crippen molar-refractivity contribution in [3.63, 3.8) is 0 Å². The maximum absolute atomic E-state index is 11.9. The van der Waals surface area contributed by atoms with Crippen LogP contribution in [-0.4, -0.2) is 18.1 Å². The van der Waals surface area contributed by atoms with Crippen LogP contribution in [0.2, 0.25) is 0 Å². The molecule has 112 valence electrons. The molecule has 0 saturated carbocycles. The Morgan fingerprint density at radius 3 is 2.55 bits per heavy atom. The van der Waals surface area contributed by atoms with Gasteiger partial charge in [0.25, 0.3) is 5.56 Å². The normalized spacial score (nSPS) is 14.1. The first-order valence-electron chi connectivity index (χ1n) is 7.60. The molecule has 0 spiro atoms. The molecule has 2 aromatic rings. The van der Waals surface area contributed by atoms with Crippen molar-refractivity contribution in [2.75, 3.05) is 18.0 Å². The molecule has 0 bridgehead atoms. The minimum absolute atomic E-state index is 0.180. The Kier molecular flexibility index (Phi) is 3.72. The Bertz CT molecular complexity index is 808. The Morgan fingerprint density at radius 1 is 1.18 bits per heavy atom. The van der Waals surface area contributed by atoms with Gasteiger partial charge in [0.15, 0.2) is 0 Å². The SMILES string of the molecule is Cc1cc(-c2ccc(N3CCCC3)c(C)c2)c(C#N)c(=O)[nH]1. The Morgan fingerprint density at radius 2 is 1.91 bits per heavy atom. The van der Waals surface area contributed by atoms with Gasteiger partial charge in [-0.2, -0.15) is 5.26 Å². The molecule has 0 radical (unpaired) electrons. The second-order valence-corrected chi connectivity index (χ2v) is 5.88. The quantitative estimate of drug-likeness (QED) is 0.925. The zero-order valence-corrected chi connectivity index (χ0v) is 12.9. The number of H-pyrrole nitrogens is 1. The van der Waals surface area contributed by atoms with Crippen LogP contribution in [-0.2, 0) is 0 Å². The molecule has 1 aromatic heterocycles. The molecule has 3 rings (SSSR count). The Labute approximate surface area is 130 Å². The first-order chi connectivity index (χ1) is 10.6. The third kappa shape index (κ3) is 2.50. The highest BCUT2D eigenvalue weighted by molar-refractivity contribution is 5.73. The number of nitriles is 1. The average molecular weight is 293 g/mol. The van der Waals surface area contributed by atoms with Crippen LogP contribution >= 0.6 is 0 Å². The van der Waals surface area contributed by atoms with Crippen LogP contribution in [0, 0.1) is 25.2 Å². The predicted octanol–water partition coefficient (Wildman–Crippen LogP) is 3.13. The fraction of sp³-hybridized carbons (Fsp3) is 0.333. The lowest BCUT2D eigenvalue weighted by Gasteiger charge is -2.21. The number of rotatable bonds is 2. The highest BCUT2D eigenvalue weighted by Gasteiger charge is 2.16. The van der Waals surface area contributed by atoms with Crippen LogP contribution in [0.3, 0.4) is 0 Å². The lowest BCUT2D eigenvalue weighted by atomic mass is 9.98. The minimum atomic E-state index is -0.321. The zero-order valence-electron chi connectivity index (χ0n) is 12.9. The molecule has 1 aliphatic heterocycles. The van der Waals surface area contributed by atoms with Gasteiger partial charge in [-0.15, -0.1) is 0 Å². The summed E-state index contributed by atoms with van der Waals surface area (Å²) in [5.41, 5.74) is 4.69. The van der Waals surface area contributed by atoms with Gasteiger partial charge in [0.1, 0.15) is 11.6 Å². The molecule has 0 unspecified atom stereocenters. The number of nitrogens with zero attached hydrogens (tertiary/aromatic N) is 2. The molecule has 4 nitrogen and oxygen atoms in total. The molecule has 1 aliphatic rings. The van der Waals surface area contributed by atoms with E-state index >= 15 is 0 Å². The largest absolute Gasteiger partial charge is 0.371 e. The fourth-order valence-electron chi connectivity index (χ4n) is 3.16. The topological polar surface area (TPSA) is 59.9 Å². The number of aryl methyl sites for hydroxylation is 2. The number of aromatic amines is 1. The molecule has 0 aliphatic carbocycles. The van der Waals surface area contributed by atoms with Gasteiger partial charge in [-0.25, -0.2) is 0 Å². The summed E-state index contributed by atoms with van der Waals surface area (Å²) in [4.78, 5) is 17.0. The summed E-state index contributed by atoms with van der Waals surface area (Å²) < 4.78 is 0. The van der Waals surface area contributed by atoms with Gasteiger partial charge in [-0.3, -0.25) is 4.79 Å². The first kappa shape index (κ1) is 14.4. The zero-order chi connectivity index (χ0) is 15.7. The fourth-order valence-corrected chi connectivity index (χ4v) is 3.16. The lowest BCUT2D eigenvalue weighted by molar-refractivity contribution is 0.949. The summed E-state index contributed by atoms with van der Waals surface area (Å²) in [6.07, 6.45) is 2.49. The predicted molar refractivity (Wildman–Crippen MR) is 88.1 cm³/mol. The van der Waals surface area contributed by atoms with Crippen LogP contribution < -0.4 is 10.5 Å². The van der Waals surface area contributed by atoms with E-state index in [1.807, 2.05) is 25.1 Å². The molecular formula is C18H19N3O. The summed E-state index contributed by atoms with van der Waals surface area (Å²) in [7, 11) is 0. The van der Waals surface area contributed by atoms with E-state index in [-0.39, 0.29) is 11.1 Å². The standard InChI is InChI=1S/C18H19N3O/c1-12-9-14(5-6-17(12)21-7-3-4-8-21)15-10-13(2)20-18(22)16(15)11-19/h5-6,9-10H,3-4,7-8H2,1-2H3,(H,20,22). The van der Waals surface area contributed by atoms with E-state index in [1.54, 1.807) is 0 Å². The first-order valence-corrected chi connectivity index (χ1v) is 7.60. The van der Waals surface area contributed by atoms with Crippen molar-refractivity contribution in [3.8, 4) is 17.2 Å². The Hall–Kier alpha value is -2.54. The third-order valence-electron chi connectivity index (χ3n) is 4.23. The second-order valence-electron chi connectivity index (χ2n) is 5.88. The van der Waals surface area contributed by atoms with Gasteiger partial charge < -0.3 is 9.88 Å². The van der Waals surface area contributed by atoms with Crippen LogP contribution in [0.5, 0.6) is 0 Å². The molecular weight excluding hydrogens is 274 g/mol. The average Bonchev–Trinajstić information content (AvgIpc) is 3.00. The summed E-state index contributed by atoms with van der Waals surface area (Å²) in [6.45, 7) is 6.13. The molecule has 1 fully saturated rings. The summed E-state index contributed by atoms with van der Waals surface area (Å²) >= 11 is 0. The number of hydrogen-bond acceptors (Lipinski definition) is 3. The second kappa shape index (κ2) is 5.69. The molecule has 0 atom stereocenters. The number of benzene rings is 1. The smallest absolute Gasteiger partial charge is 0.266 e. The molecule has 1 saturated heterocycles. The highest BCUT2D eigenvalue weighted by Crippen LogP contribution is 2.30. The van der Waals surface area contributed by atoms with E-state index in [0.717, 1.165) is 24.3 Å². The molecule has 1 N–H and O–H groups in total. The van der Waals surface area contributed by atoms with E-state index in [9.17, 15) is 10.1 Å². The maximum atomic E-state index is 11.9. The lowest BCUT2D eigenvalue weighted by Crippen LogP contribution is -2.18. The maximum Gasteiger partial charge on any atom is 0.266 e. The molecule has 2 heterocycles. The van der Waals surface area contributed by atoms with Gasteiger partial charge >= 0.3 is 0 Å². The van der Waals surface area contributed by atoms with Crippen molar-refractivity contribution in [1.29, 1.82) is 5.26 Å². The van der Waals surface area contributed by atoms with Crippen LogP contribution in [0.1, 0.15) is 29.7 Å². The number of aromatic nitrogens is 1. The molecule has 1 aromatic carbocycles. The van der Waals surface area contributed by atoms with Crippen molar-refractivity contribution >= 4 is 5.69 Å². The number of pyridine rings is 1. The van der Waals surface area contributed by atoms with Crippen molar-refractivity contribution in [3.05, 3.63) is 51.4 Å². The van der Waals surface area contributed by atoms with E-state index < -0.39 is 0 Å². The van der Waals surface area contributed by atoms with Crippen molar-refractivity contribution in [1.82, 2.24) is 4.98 Å².